The fourth-order valence-electron chi connectivity index (χ4n) is 2.31. The van der Waals surface area contributed by atoms with E-state index in [9.17, 15) is 18.0 Å². The van der Waals surface area contributed by atoms with Crippen molar-refractivity contribution in [3.8, 4) is 0 Å². The Morgan fingerprint density at radius 1 is 1.35 bits per heavy atom. The molecule has 0 saturated carbocycles. The van der Waals surface area contributed by atoms with Crippen LogP contribution in [0.5, 0.6) is 0 Å². The minimum Gasteiger partial charge on any atom is -0.322 e. The van der Waals surface area contributed by atoms with E-state index in [1.807, 2.05) is 26.0 Å². The number of nitrogens with zero attached hydrogens (tertiary/aromatic N) is 2. The summed E-state index contributed by atoms with van der Waals surface area (Å²) in [6.07, 6.45) is -2.75. The van der Waals surface area contributed by atoms with Crippen molar-refractivity contribution in [2.45, 2.75) is 32.4 Å². The van der Waals surface area contributed by atoms with Gasteiger partial charge in [0.2, 0.25) is 0 Å². The molecule has 0 aliphatic heterocycles. The Balaban J connectivity index is 2.35. The molecule has 1 unspecified atom stereocenters. The van der Waals surface area contributed by atoms with Gasteiger partial charge in [0.15, 0.2) is 5.69 Å². The van der Waals surface area contributed by atoms with Gasteiger partial charge in [-0.15, -0.1) is 0 Å². The molecule has 1 atom stereocenters. The van der Waals surface area contributed by atoms with Crippen LogP contribution in [-0.4, -0.2) is 15.7 Å². The number of rotatable bonds is 4. The summed E-state index contributed by atoms with van der Waals surface area (Å²) in [4.78, 5) is 12.3. The number of aromatic nitrogens is 2. The average Bonchev–Trinajstić information content (AvgIpc) is 2.89. The quantitative estimate of drug-likeness (QED) is 0.915. The van der Waals surface area contributed by atoms with Crippen molar-refractivity contribution in [1.82, 2.24) is 9.78 Å². The maximum Gasteiger partial charge on any atom is 0.435 e. The first-order valence-electron chi connectivity index (χ1n) is 7.25. The number of hydrogen-bond acceptors (Lipinski definition) is 2. The summed E-state index contributed by atoms with van der Waals surface area (Å²) in [7, 11) is 1.35. The molecule has 0 radical (unpaired) electrons. The summed E-state index contributed by atoms with van der Waals surface area (Å²) >= 11 is 0. The fraction of sp³-hybridized carbons (Fsp3) is 0.375. The highest BCUT2D eigenvalue weighted by Gasteiger charge is 2.39. The molecule has 1 aromatic carbocycles. The number of hydrogen-bond donors (Lipinski definition) is 1. The van der Waals surface area contributed by atoms with Gasteiger partial charge in [-0.2, -0.15) is 18.3 Å². The molecule has 0 aliphatic rings. The van der Waals surface area contributed by atoms with Crippen molar-refractivity contribution in [1.29, 1.82) is 0 Å². The van der Waals surface area contributed by atoms with Crippen LogP contribution in [0.25, 0.3) is 0 Å². The van der Waals surface area contributed by atoms with E-state index in [-0.39, 0.29) is 5.92 Å². The molecule has 2 aromatic rings. The first-order valence-corrected chi connectivity index (χ1v) is 7.25. The van der Waals surface area contributed by atoms with E-state index in [2.05, 4.69) is 10.4 Å². The first-order chi connectivity index (χ1) is 10.7. The molecule has 0 spiro atoms. The normalized spacial score (nSPS) is 13.0. The summed E-state index contributed by atoms with van der Waals surface area (Å²) in [5.41, 5.74) is -0.262. The molecule has 1 heterocycles. The molecule has 1 N–H and O–H groups in total. The Hall–Kier alpha value is -2.31. The van der Waals surface area contributed by atoms with Crippen molar-refractivity contribution in [2.24, 2.45) is 7.05 Å². The predicted octanol–water partition coefficient (Wildman–Crippen LogP) is 4.20. The number of halogens is 3. The van der Waals surface area contributed by atoms with Crippen LogP contribution in [0.2, 0.25) is 0 Å². The van der Waals surface area contributed by atoms with E-state index in [0.717, 1.165) is 22.9 Å². The lowest BCUT2D eigenvalue weighted by Crippen LogP contribution is -2.18. The second kappa shape index (κ2) is 6.44. The number of carbonyl (C=O) groups excluding carboxylic acids is 1. The number of carbonyl (C=O) groups is 1. The zero-order valence-corrected chi connectivity index (χ0v) is 13.1. The lowest BCUT2D eigenvalue weighted by molar-refractivity contribution is -0.141. The molecule has 4 nitrogen and oxygen atoms in total. The Morgan fingerprint density at radius 2 is 2.00 bits per heavy atom. The number of alkyl halides is 3. The van der Waals surface area contributed by atoms with Gasteiger partial charge in [-0.25, -0.2) is 0 Å². The smallest absolute Gasteiger partial charge is 0.322 e. The Kier molecular flexibility index (Phi) is 4.77. The van der Waals surface area contributed by atoms with Crippen LogP contribution < -0.4 is 5.32 Å². The van der Waals surface area contributed by atoms with Crippen LogP contribution in [0.4, 0.5) is 18.9 Å². The number of anilines is 1. The minimum atomic E-state index is -4.68. The van der Waals surface area contributed by atoms with E-state index >= 15 is 0 Å². The minimum absolute atomic E-state index is 0.183. The van der Waals surface area contributed by atoms with Gasteiger partial charge in [0.1, 0.15) is 0 Å². The van der Waals surface area contributed by atoms with Crippen LogP contribution in [-0.2, 0) is 13.2 Å². The second-order valence-electron chi connectivity index (χ2n) is 5.41. The summed E-state index contributed by atoms with van der Waals surface area (Å²) in [5.74, 6) is -0.635. The number of nitrogens with one attached hydrogen (secondary N) is 1. The first kappa shape index (κ1) is 17.1. The highest BCUT2D eigenvalue weighted by atomic mass is 19.4. The molecule has 2 rings (SSSR count). The fourth-order valence-corrected chi connectivity index (χ4v) is 2.31. The van der Waals surface area contributed by atoms with E-state index in [1.54, 1.807) is 12.1 Å². The van der Waals surface area contributed by atoms with Gasteiger partial charge in [-0.3, -0.25) is 9.48 Å². The lowest BCUT2D eigenvalue weighted by atomic mass is 9.97. The highest BCUT2D eigenvalue weighted by Crippen LogP contribution is 2.32. The molecule has 1 amide bonds. The van der Waals surface area contributed by atoms with E-state index in [1.165, 1.54) is 7.05 Å². The average molecular weight is 325 g/mol. The van der Waals surface area contributed by atoms with Gasteiger partial charge in [0.05, 0.1) is 5.56 Å². The standard InChI is InChI=1S/C16H18F3N3O/c1-4-10(2)11-7-5-6-8-13(11)20-15(23)12-9-22(3)21-14(12)16(17,18)19/h5-10H,4H2,1-3H3,(H,20,23). The third kappa shape index (κ3) is 3.72. The predicted molar refractivity (Wildman–Crippen MR) is 81.3 cm³/mol. The number of amides is 1. The van der Waals surface area contributed by atoms with Crippen molar-refractivity contribution in [3.05, 3.63) is 47.3 Å². The van der Waals surface area contributed by atoms with Crippen molar-refractivity contribution in [3.63, 3.8) is 0 Å². The largest absolute Gasteiger partial charge is 0.435 e. The molecular formula is C16H18F3N3O. The van der Waals surface area contributed by atoms with E-state index < -0.39 is 23.3 Å². The Labute approximate surface area is 132 Å². The number of para-hydroxylation sites is 1. The van der Waals surface area contributed by atoms with Crippen LogP contribution in [0.3, 0.4) is 0 Å². The Morgan fingerprint density at radius 3 is 2.61 bits per heavy atom. The van der Waals surface area contributed by atoms with Gasteiger partial charge in [-0.05, 0) is 24.0 Å². The lowest BCUT2D eigenvalue weighted by Gasteiger charge is -2.15. The van der Waals surface area contributed by atoms with Crippen molar-refractivity contribution < 1.29 is 18.0 Å². The van der Waals surface area contributed by atoms with Gasteiger partial charge < -0.3 is 5.32 Å². The molecule has 0 saturated heterocycles. The topological polar surface area (TPSA) is 46.9 Å². The van der Waals surface area contributed by atoms with Crippen molar-refractivity contribution >= 4 is 11.6 Å². The van der Waals surface area contributed by atoms with Gasteiger partial charge >= 0.3 is 6.18 Å². The Bertz CT molecular complexity index is 707. The molecule has 1 aromatic heterocycles. The monoisotopic (exact) mass is 325 g/mol. The summed E-state index contributed by atoms with van der Waals surface area (Å²) in [5, 5.41) is 5.92. The van der Waals surface area contributed by atoms with Crippen LogP contribution in [0.1, 0.15) is 47.8 Å². The molecule has 0 bridgehead atoms. The summed E-state index contributed by atoms with van der Waals surface area (Å²) in [6, 6.07) is 7.11. The summed E-state index contributed by atoms with van der Waals surface area (Å²) < 4.78 is 39.9. The maximum atomic E-state index is 13.0. The van der Waals surface area contributed by atoms with Crippen molar-refractivity contribution in [2.75, 3.05) is 5.32 Å². The van der Waals surface area contributed by atoms with E-state index in [0.29, 0.717) is 5.69 Å². The van der Waals surface area contributed by atoms with Crippen LogP contribution in [0, 0.1) is 0 Å². The third-order valence-electron chi connectivity index (χ3n) is 3.69. The number of aryl methyl sites for hydroxylation is 1. The molecule has 7 heteroatoms. The SMILES string of the molecule is CCC(C)c1ccccc1NC(=O)c1cn(C)nc1C(F)(F)F. The van der Waals surface area contributed by atoms with Gasteiger partial charge in [0, 0.05) is 18.9 Å². The molecule has 0 fully saturated rings. The maximum absolute atomic E-state index is 13.0. The van der Waals surface area contributed by atoms with Gasteiger partial charge in [0.25, 0.3) is 5.91 Å². The molecule has 23 heavy (non-hydrogen) atoms. The zero-order chi connectivity index (χ0) is 17.2. The van der Waals surface area contributed by atoms with Crippen LogP contribution >= 0.6 is 0 Å². The molecule has 0 aliphatic carbocycles. The summed E-state index contributed by atoms with van der Waals surface area (Å²) in [6.45, 7) is 4.00. The molecular weight excluding hydrogens is 307 g/mol. The molecule has 124 valence electrons. The van der Waals surface area contributed by atoms with Gasteiger partial charge in [-0.1, -0.05) is 32.0 Å². The zero-order valence-electron chi connectivity index (χ0n) is 13.1. The van der Waals surface area contributed by atoms with E-state index in [4.69, 9.17) is 0 Å². The van der Waals surface area contributed by atoms with Crippen LogP contribution in [0.15, 0.2) is 30.5 Å². The third-order valence-corrected chi connectivity index (χ3v) is 3.69. The second-order valence-corrected chi connectivity index (χ2v) is 5.41. The highest BCUT2D eigenvalue weighted by molar-refractivity contribution is 6.05. The number of benzene rings is 1.